The Morgan fingerprint density at radius 3 is 3.11 bits per heavy atom. The van der Waals surface area contributed by atoms with Crippen LogP contribution in [0.15, 0.2) is 28.9 Å². The first kappa shape index (κ1) is 12.5. The van der Waals surface area contributed by atoms with Crippen molar-refractivity contribution in [2.45, 2.75) is 38.6 Å². The molecule has 2 aromatic heterocycles. The van der Waals surface area contributed by atoms with Crippen LogP contribution in [-0.2, 0) is 13.0 Å². The van der Waals surface area contributed by atoms with Crippen LogP contribution in [0, 0.1) is 5.92 Å². The van der Waals surface area contributed by atoms with Crippen molar-refractivity contribution in [1.29, 1.82) is 0 Å². The molecule has 0 amide bonds. The van der Waals surface area contributed by atoms with Gasteiger partial charge in [0.25, 0.3) is 0 Å². The summed E-state index contributed by atoms with van der Waals surface area (Å²) in [5.41, 5.74) is 0. The maximum absolute atomic E-state index is 5.85. The highest BCUT2D eigenvalue weighted by Gasteiger charge is 2.36. The minimum atomic E-state index is 0.674. The molecule has 1 saturated carbocycles. The Kier molecular flexibility index (Phi) is 3.69. The van der Waals surface area contributed by atoms with E-state index in [1.54, 1.807) is 6.20 Å². The van der Waals surface area contributed by atoms with Crippen molar-refractivity contribution < 1.29 is 4.42 Å². The molecule has 0 saturated heterocycles. The Labute approximate surface area is 113 Å². The summed E-state index contributed by atoms with van der Waals surface area (Å²) in [6, 6.07) is 4.23. The fourth-order valence-electron chi connectivity index (χ4n) is 2.43. The van der Waals surface area contributed by atoms with Crippen LogP contribution in [0.2, 0.25) is 0 Å². The number of H-pyrrole nitrogens is 1. The molecule has 2 aromatic rings. The van der Waals surface area contributed by atoms with Gasteiger partial charge >= 0.3 is 0 Å². The molecule has 0 spiro atoms. The summed E-state index contributed by atoms with van der Waals surface area (Å²) in [5, 5.41) is 3.41. The molecule has 102 valence electrons. The topological polar surface area (TPSA) is 53.9 Å². The van der Waals surface area contributed by atoms with Gasteiger partial charge in [-0.3, -0.25) is 0 Å². The first-order valence-electron chi connectivity index (χ1n) is 7.10. The summed E-state index contributed by atoms with van der Waals surface area (Å²) in [6.45, 7) is 4.08. The minimum Gasteiger partial charge on any atom is -0.464 e. The van der Waals surface area contributed by atoms with Crippen LogP contribution in [0.1, 0.15) is 43.0 Å². The van der Waals surface area contributed by atoms with E-state index in [9.17, 15) is 0 Å². The Morgan fingerprint density at radius 1 is 1.47 bits per heavy atom. The second-order valence-corrected chi connectivity index (χ2v) is 5.44. The van der Waals surface area contributed by atoms with Gasteiger partial charge in [-0.2, -0.15) is 0 Å². The summed E-state index contributed by atoms with van der Waals surface area (Å²) in [7, 11) is 0. The van der Waals surface area contributed by atoms with E-state index in [1.165, 1.54) is 12.2 Å². The molecule has 3 rings (SSSR count). The van der Waals surface area contributed by atoms with Crippen molar-refractivity contribution in [2.24, 2.45) is 5.92 Å². The smallest absolute Gasteiger partial charge is 0.117 e. The molecule has 0 aromatic carbocycles. The highest BCUT2D eigenvalue weighted by atomic mass is 16.3. The molecule has 0 radical (unpaired) electrons. The molecule has 2 heterocycles. The summed E-state index contributed by atoms with van der Waals surface area (Å²) in [6.07, 6.45) is 7.02. The van der Waals surface area contributed by atoms with E-state index in [0.29, 0.717) is 5.92 Å². The predicted molar refractivity (Wildman–Crippen MR) is 73.8 cm³/mol. The zero-order valence-electron chi connectivity index (χ0n) is 11.4. The first-order valence-corrected chi connectivity index (χ1v) is 7.10. The lowest BCUT2D eigenvalue weighted by Gasteiger charge is -2.01. The lowest BCUT2D eigenvalue weighted by Crippen LogP contribution is -2.15. The van der Waals surface area contributed by atoms with E-state index in [0.717, 1.165) is 43.4 Å². The van der Waals surface area contributed by atoms with Crippen LogP contribution in [0.5, 0.6) is 0 Å². The van der Waals surface area contributed by atoms with Gasteiger partial charge in [-0.25, -0.2) is 4.98 Å². The van der Waals surface area contributed by atoms with Crippen LogP contribution < -0.4 is 5.32 Å². The molecule has 4 heteroatoms. The van der Waals surface area contributed by atoms with Crippen molar-refractivity contribution in [2.75, 3.05) is 6.54 Å². The van der Waals surface area contributed by atoms with Gasteiger partial charge < -0.3 is 14.7 Å². The number of aromatic amines is 1. The average molecular weight is 259 g/mol. The normalized spacial score (nSPS) is 21.7. The van der Waals surface area contributed by atoms with Crippen molar-refractivity contribution in [1.82, 2.24) is 15.3 Å². The molecular weight excluding hydrogens is 238 g/mol. The highest BCUT2D eigenvalue weighted by Crippen LogP contribution is 2.47. The number of imidazole rings is 1. The zero-order chi connectivity index (χ0) is 13.1. The predicted octanol–water partition coefficient (Wildman–Crippen LogP) is 2.85. The van der Waals surface area contributed by atoms with Gasteiger partial charge in [-0.15, -0.1) is 0 Å². The van der Waals surface area contributed by atoms with E-state index in [-0.39, 0.29) is 0 Å². The lowest BCUT2D eigenvalue weighted by atomic mass is 10.3. The van der Waals surface area contributed by atoms with Crippen LogP contribution in [0.3, 0.4) is 0 Å². The molecule has 2 N–H and O–H groups in total. The van der Waals surface area contributed by atoms with Gasteiger partial charge in [-0.1, -0.05) is 6.92 Å². The van der Waals surface area contributed by atoms with Crippen LogP contribution >= 0.6 is 0 Å². The highest BCUT2D eigenvalue weighted by molar-refractivity contribution is 5.17. The van der Waals surface area contributed by atoms with E-state index in [1.807, 2.05) is 6.20 Å². The van der Waals surface area contributed by atoms with Crippen LogP contribution in [0.25, 0.3) is 0 Å². The molecular formula is C15H21N3O. The molecule has 19 heavy (non-hydrogen) atoms. The summed E-state index contributed by atoms with van der Waals surface area (Å²) < 4.78 is 5.85. The third-order valence-corrected chi connectivity index (χ3v) is 3.78. The number of rotatable bonds is 7. The number of nitrogens with zero attached hydrogens (tertiary/aromatic N) is 1. The van der Waals surface area contributed by atoms with Gasteiger partial charge in [0.15, 0.2) is 0 Å². The Morgan fingerprint density at radius 2 is 2.37 bits per heavy atom. The largest absolute Gasteiger partial charge is 0.464 e. The second-order valence-electron chi connectivity index (χ2n) is 5.44. The van der Waals surface area contributed by atoms with Gasteiger partial charge in [0.2, 0.25) is 0 Å². The summed E-state index contributed by atoms with van der Waals surface area (Å²) in [5.74, 6) is 4.75. The molecule has 1 aliphatic rings. The van der Waals surface area contributed by atoms with Crippen LogP contribution in [0.4, 0.5) is 0 Å². The number of aryl methyl sites for hydroxylation is 1. The maximum atomic E-state index is 5.85. The maximum Gasteiger partial charge on any atom is 0.117 e. The number of hydrogen-bond acceptors (Lipinski definition) is 3. The third kappa shape index (κ3) is 3.26. The molecule has 1 aliphatic carbocycles. The van der Waals surface area contributed by atoms with Crippen LogP contribution in [-0.4, -0.2) is 16.5 Å². The number of aromatic nitrogens is 2. The zero-order valence-corrected chi connectivity index (χ0v) is 11.4. The lowest BCUT2D eigenvalue weighted by molar-refractivity contribution is 0.443. The van der Waals surface area contributed by atoms with Gasteiger partial charge in [0.05, 0.1) is 6.54 Å². The summed E-state index contributed by atoms with van der Waals surface area (Å²) >= 11 is 0. The van der Waals surface area contributed by atoms with E-state index in [2.05, 4.69) is 34.3 Å². The minimum absolute atomic E-state index is 0.674. The van der Waals surface area contributed by atoms with Gasteiger partial charge in [0, 0.05) is 24.7 Å². The van der Waals surface area contributed by atoms with Crippen molar-refractivity contribution in [3.63, 3.8) is 0 Å². The van der Waals surface area contributed by atoms with Crippen molar-refractivity contribution in [3.8, 4) is 0 Å². The third-order valence-electron chi connectivity index (χ3n) is 3.78. The summed E-state index contributed by atoms with van der Waals surface area (Å²) in [4.78, 5) is 7.32. The van der Waals surface area contributed by atoms with Crippen molar-refractivity contribution in [3.05, 3.63) is 41.9 Å². The second kappa shape index (κ2) is 5.61. The van der Waals surface area contributed by atoms with E-state index in [4.69, 9.17) is 4.42 Å². The molecule has 0 bridgehead atoms. The first-order chi connectivity index (χ1) is 9.33. The molecule has 4 nitrogen and oxygen atoms in total. The monoisotopic (exact) mass is 259 g/mol. The molecule has 2 atom stereocenters. The molecule has 1 fully saturated rings. The van der Waals surface area contributed by atoms with Crippen molar-refractivity contribution >= 4 is 0 Å². The van der Waals surface area contributed by atoms with Gasteiger partial charge in [0.1, 0.15) is 17.3 Å². The standard InChI is InChI=1S/C15H21N3O/c1-11-9-13(11)14-5-4-12(19-14)10-16-6-2-3-15-17-7-8-18-15/h4-5,7-8,11,13,16H,2-3,6,9-10H2,1H3,(H,17,18). The van der Waals surface area contributed by atoms with E-state index >= 15 is 0 Å². The SMILES string of the molecule is CC1CC1c1ccc(CNCCCc2ncc[nH]2)o1. The number of hydrogen-bond donors (Lipinski definition) is 2. The Balaban J connectivity index is 1.34. The fraction of sp³-hybridized carbons (Fsp3) is 0.533. The number of furan rings is 1. The molecule has 2 unspecified atom stereocenters. The van der Waals surface area contributed by atoms with Gasteiger partial charge in [-0.05, 0) is 37.4 Å². The fourth-order valence-corrected chi connectivity index (χ4v) is 2.43. The Bertz CT molecular complexity index is 503. The quantitative estimate of drug-likeness (QED) is 0.752. The number of nitrogens with one attached hydrogen (secondary N) is 2. The van der Waals surface area contributed by atoms with E-state index < -0.39 is 0 Å². The molecule has 0 aliphatic heterocycles. The Hall–Kier alpha value is -1.55. The average Bonchev–Trinajstić information content (AvgIpc) is 2.88.